The molecule has 0 spiro atoms. The summed E-state index contributed by atoms with van der Waals surface area (Å²) >= 11 is 0. The highest BCUT2D eigenvalue weighted by molar-refractivity contribution is 5.91. The summed E-state index contributed by atoms with van der Waals surface area (Å²) in [7, 11) is 0. The Bertz CT molecular complexity index is 602. The number of carbonyl (C=O) groups is 2. The third-order valence-electron chi connectivity index (χ3n) is 3.64. The summed E-state index contributed by atoms with van der Waals surface area (Å²) in [6.07, 6.45) is 2.91. The van der Waals surface area contributed by atoms with Crippen LogP contribution in [0.15, 0.2) is 12.4 Å². The summed E-state index contributed by atoms with van der Waals surface area (Å²) in [4.78, 5) is 36.1. The summed E-state index contributed by atoms with van der Waals surface area (Å²) in [6.45, 7) is 11.6. The fourth-order valence-electron chi connectivity index (χ4n) is 2.25. The van der Waals surface area contributed by atoms with Crippen LogP contribution in [0.3, 0.4) is 0 Å². The van der Waals surface area contributed by atoms with Gasteiger partial charge in [-0.15, -0.1) is 0 Å². The minimum absolute atomic E-state index is 0.0673. The van der Waals surface area contributed by atoms with Gasteiger partial charge in [0.1, 0.15) is 5.60 Å². The summed E-state index contributed by atoms with van der Waals surface area (Å²) in [5.41, 5.74) is 0.0861. The zero-order valence-corrected chi connectivity index (χ0v) is 15.6. The van der Waals surface area contributed by atoms with Crippen LogP contribution in [0.25, 0.3) is 0 Å². The normalized spacial score (nSPS) is 15.3. The van der Waals surface area contributed by atoms with Crippen molar-refractivity contribution in [2.75, 3.05) is 36.4 Å². The molecule has 1 saturated heterocycles. The Morgan fingerprint density at radius 2 is 1.68 bits per heavy atom. The Morgan fingerprint density at radius 3 is 2.16 bits per heavy atom. The Labute approximate surface area is 148 Å². The molecule has 1 aliphatic rings. The van der Waals surface area contributed by atoms with Crippen LogP contribution in [0.1, 0.15) is 34.6 Å². The molecule has 1 aromatic rings. The topological polar surface area (TPSA) is 87.7 Å². The predicted molar refractivity (Wildman–Crippen MR) is 95.5 cm³/mol. The second kappa shape index (κ2) is 7.67. The maximum atomic E-state index is 12.1. The van der Waals surface area contributed by atoms with Gasteiger partial charge in [-0.05, 0) is 20.8 Å². The molecule has 8 heteroatoms. The van der Waals surface area contributed by atoms with E-state index in [9.17, 15) is 9.59 Å². The van der Waals surface area contributed by atoms with Gasteiger partial charge in [-0.1, -0.05) is 13.8 Å². The van der Waals surface area contributed by atoms with Gasteiger partial charge >= 0.3 is 6.09 Å². The van der Waals surface area contributed by atoms with Crippen molar-refractivity contribution in [3.63, 3.8) is 0 Å². The number of hydrogen-bond acceptors (Lipinski definition) is 6. The highest BCUT2D eigenvalue weighted by atomic mass is 16.6. The summed E-state index contributed by atoms with van der Waals surface area (Å²) in [5, 5.41) is 2.76. The molecule has 1 N–H and O–H groups in total. The van der Waals surface area contributed by atoms with Crippen molar-refractivity contribution in [3.05, 3.63) is 12.4 Å². The first-order valence-electron chi connectivity index (χ1n) is 8.51. The van der Waals surface area contributed by atoms with Crippen molar-refractivity contribution >= 4 is 23.6 Å². The number of nitrogens with zero attached hydrogens (tertiary/aromatic N) is 4. The molecule has 2 rings (SSSR count). The minimum atomic E-state index is -0.492. The number of hydrogen-bond donors (Lipinski definition) is 1. The second-order valence-electron chi connectivity index (χ2n) is 7.37. The molecule has 138 valence electrons. The van der Waals surface area contributed by atoms with E-state index < -0.39 is 5.60 Å². The molecule has 8 nitrogen and oxygen atoms in total. The minimum Gasteiger partial charge on any atom is -0.444 e. The van der Waals surface area contributed by atoms with E-state index in [-0.39, 0.29) is 17.9 Å². The van der Waals surface area contributed by atoms with Crippen LogP contribution in [0.4, 0.5) is 16.4 Å². The van der Waals surface area contributed by atoms with Gasteiger partial charge in [0.15, 0.2) is 0 Å². The molecule has 0 aliphatic carbocycles. The molecular weight excluding hydrogens is 322 g/mol. The SMILES string of the molecule is CC(C)C(=O)Nc1cnc(N2CCN(C(=O)OC(C)(C)C)CC2)nc1. The Hall–Kier alpha value is -2.38. The molecular formula is C17H27N5O3. The van der Waals surface area contributed by atoms with Crippen LogP contribution in [0.5, 0.6) is 0 Å². The van der Waals surface area contributed by atoms with Gasteiger partial charge in [-0.2, -0.15) is 0 Å². The highest BCUT2D eigenvalue weighted by Crippen LogP contribution is 2.15. The Kier molecular flexibility index (Phi) is 5.81. The quantitative estimate of drug-likeness (QED) is 0.899. The molecule has 1 aromatic heterocycles. The van der Waals surface area contributed by atoms with E-state index in [1.54, 1.807) is 17.3 Å². The maximum absolute atomic E-state index is 12.1. The van der Waals surface area contributed by atoms with E-state index >= 15 is 0 Å². The lowest BCUT2D eigenvalue weighted by atomic mass is 10.2. The maximum Gasteiger partial charge on any atom is 0.410 e. The van der Waals surface area contributed by atoms with E-state index in [4.69, 9.17) is 4.74 Å². The zero-order chi connectivity index (χ0) is 18.6. The van der Waals surface area contributed by atoms with Crippen LogP contribution in [-0.4, -0.2) is 58.6 Å². The van der Waals surface area contributed by atoms with E-state index in [0.29, 0.717) is 37.8 Å². The molecule has 2 amide bonds. The standard InChI is InChI=1S/C17H27N5O3/c1-12(2)14(23)20-13-10-18-15(19-11-13)21-6-8-22(9-7-21)16(24)25-17(3,4)5/h10-12H,6-9H2,1-5H3,(H,20,23). The smallest absolute Gasteiger partial charge is 0.410 e. The lowest BCUT2D eigenvalue weighted by molar-refractivity contribution is -0.118. The first-order valence-corrected chi connectivity index (χ1v) is 8.51. The molecule has 1 aliphatic heterocycles. The van der Waals surface area contributed by atoms with E-state index in [1.807, 2.05) is 39.5 Å². The summed E-state index contributed by atoms with van der Waals surface area (Å²) in [5.74, 6) is 0.425. The Morgan fingerprint density at radius 1 is 1.12 bits per heavy atom. The molecule has 1 fully saturated rings. The highest BCUT2D eigenvalue weighted by Gasteiger charge is 2.26. The third-order valence-corrected chi connectivity index (χ3v) is 3.64. The van der Waals surface area contributed by atoms with Gasteiger partial charge in [-0.3, -0.25) is 4.79 Å². The first-order chi connectivity index (χ1) is 11.7. The molecule has 0 unspecified atom stereocenters. The van der Waals surface area contributed by atoms with Crippen molar-refractivity contribution in [1.29, 1.82) is 0 Å². The molecule has 0 aromatic carbocycles. The first kappa shape index (κ1) is 19.0. The van der Waals surface area contributed by atoms with Gasteiger partial charge in [0.05, 0.1) is 18.1 Å². The summed E-state index contributed by atoms with van der Waals surface area (Å²) in [6, 6.07) is 0. The second-order valence-corrected chi connectivity index (χ2v) is 7.37. The number of ether oxygens (including phenoxy) is 1. The number of aromatic nitrogens is 2. The lowest BCUT2D eigenvalue weighted by Crippen LogP contribution is -2.50. The molecule has 0 radical (unpaired) electrons. The fraction of sp³-hybridized carbons (Fsp3) is 0.647. The molecule has 0 bridgehead atoms. The average Bonchev–Trinajstić information content (AvgIpc) is 2.54. The monoisotopic (exact) mass is 349 g/mol. The predicted octanol–water partition coefficient (Wildman–Crippen LogP) is 2.13. The Balaban J connectivity index is 1.88. The lowest BCUT2D eigenvalue weighted by Gasteiger charge is -2.35. The van der Waals surface area contributed by atoms with Crippen molar-refractivity contribution in [2.24, 2.45) is 5.92 Å². The third kappa shape index (κ3) is 5.58. The van der Waals surface area contributed by atoms with Gasteiger partial charge < -0.3 is 19.9 Å². The van der Waals surface area contributed by atoms with Crippen LogP contribution in [-0.2, 0) is 9.53 Å². The number of anilines is 2. The average molecular weight is 349 g/mol. The largest absolute Gasteiger partial charge is 0.444 e. The van der Waals surface area contributed by atoms with E-state index in [1.165, 1.54) is 0 Å². The molecule has 25 heavy (non-hydrogen) atoms. The van der Waals surface area contributed by atoms with Crippen LogP contribution >= 0.6 is 0 Å². The number of amides is 2. The molecule has 2 heterocycles. The van der Waals surface area contributed by atoms with Crippen molar-refractivity contribution in [3.8, 4) is 0 Å². The van der Waals surface area contributed by atoms with E-state index in [0.717, 1.165) is 0 Å². The van der Waals surface area contributed by atoms with Crippen molar-refractivity contribution < 1.29 is 14.3 Å². The van der Waals surface area contributed by atoms with Gasteiger partial charge in [-0.25, -0.2) is 14.8 Å². The number of piperazine rings is 1. The zero-order valence-electron chi connectivity index (χ0n) is 15.6. The van der Waals surface area contributed by atoms with Gasteiger partial charge in [0, 0.05) is 32.1 Å². The summed E-state index contributed by atoms with van der Waals surface area (Å²) < 4.78 is 5.39. The van der Waals surface area contributed by atoms with Crippen LogP contribution in [0.2, 0.25) is 0 Å². The van der Waals surface area contributed by atoms with Crippen molar-refractivity contribution in [1.82, 2.24) is 14.9 Å². The number of nitrogens with one attached hydrogen (secondary N) is 1. The van der Waals surface area contributed by atoms with Crippen LogP contribution in [0, 0.1) is 5.92 Å². The fourth-order valence-corrected chi connectivity index (χ4v) is 2.25. The van der Waals surface area contributed by atoms with E-state index in [2.05, 4.69) is 15.3 Å². The van der Waals surface area contributed by atoms with Gasteiger partial charge in [0.25, 0.3) is 0 Å². The molecule has 0 atom stereocenters. The molecule has 0 saturated carbocycles. The van der Waals surface area contributed by atoms with Gasteiger partial charge in [0.2, 0.25) is 11.9 Å². The van der Waals surface area contributed by atoms with Crippen LogP contribution < -0.4 is 10.2 Å². The number of carbonyl (C=O) groups excluding carboxylic acids is 2. The number of rotatable bonds is 3. The van der Waals surface area contributed by atoms with Crippen molar-refractivity contribution in [2.45, 2.75) is 40.2 Å².